The lowest BCUT2D eigenvalue weighted by atomic mass is 9.97. The van der Waals surface area contributed by atoms with E-state index in [4.69, 9.17) is 11.1 Å². The second-order valence-corrected chi connectivity index (χ2v) is 6.10. The van der Waals surface area contributed by atoms with Crippen LogP contribution in [0.5, 0.6) is 0 Å². The summed E-state index contributed by atoms with van der Waals surface area (Å²) in [5.41, 5.74) is 11.0. The van der Waals surface area contributed by atoms with E-state index in [0.717, 1.165) is 16.7 Å². The first-order chi connectivity index (χ1) is 12.2. The van der Waals surface area contributed by atoms with E-state index in [9.17, 15) is 0 Å². The highest BCUT2D eigenvalue weighted by molar-refractivity contribution is 6.13. The summed E-state index contributed by atoms with van der Waals surface area (Å²) in [7, 11) is 0. The molecule has 0 aliphatic heterocycles. The number of hydrogen-bond acceptors (Lipinski definition) is 2. The number of rotatable bonds is 3. The van der Waals surface area contributed by atoms with Gasteiger partial charge >= 0.3 is 0 Å². The molecule has 4 aromatic rings. The summed E-state index contributed by atoms with van der Waals surface area (Å²) >= 11 is 0. The molecule has 0 saturated heterocycles. The molecule has 0 radical (unpaired) electrons. The van der Waals surface area contributed by atoms with Crippen molar-refractivity contribution >= 4 is 22.2 Å². The molecule has 0 heterocycles. The third-order valence-electron chi connectivity index (χ3n) is 4.49. The highest BCUT2D eigenvalue weighted by atomic mass is 14.6. The fourth-order valence-corrected chi connectivity index (χ4v) is 3.08. The predicted octanol–water partition coefficient (Wildman–Crippen LogP) is 5.51. The van der Waals surface area contributed by atoms with Crippen molar-refractivity contribution in [1.82, 2.24) is 0 Å². The van der Waals surface area contributed by atoms with Crippen molar-refractivity contribution < 1.29 is 0 Å². The summed E-state index contributed by atoms with van der Waals surface area (Å²) in [4.78, 5) is 0. The van der Waals surface area contributed by atoms with Gasteiger partial charge in [-0.15, -0.1) is 0 Å². The van der Waals surface area contributed by atoms with Gasteiger partial charge in [0.2, 0.25) is 0 Å². The van der Waals surface area contributed by atoms with E-state index in [1.54, 1.807) is 0 Å². The monoisotopic (exact) mass is 322 g/mol. The summed E-state index contributed by atoms with van der Waals surface area (Å²) < 4.78 is 0. The Morgan fingerprint density at radius 3 is 2.04 bits per heavy atom. The second kappa shape index (κ2) is 6.25. The predicted molar refractivity (Wildman–Crippen MR) is 106 cm³/mol. The number of hydrogen-bond donors (Lipinski definition) is 2. The van der Waals surface area contributed by atoms with Gasteiger partial charge in [-0.1, -0.05) is 78.9 Å². The van der Waals surface area contributed by atoms with E-state index in [1.807, 2.05) is 36.4 Å². The van der Waals surface area contributed by atoms with E-state index in [0.29, 0.717) is 11.4 Å². The molecule has 120 valence electrons. The summed E-state index contributed by atoms with van der Waals surface area (Å²) in [6.07, 6.45) is 0. The molecule has 0 atom stereocenters. The molecule has 3 N–H and O–H groups in total. The maximum atomic E-state index is 8.41. The third-order valence-corrected chi connectivity index (χ3v) is 4.49. The van der Waals surface area contributed by atoms with Crippen LogP contribution in [0.15, 0.2) is 91.0 Å². The molecule has 0 fully saturated rings. The van der Waals surface area contributed by atoms with Crippen molar-refractivity contribution in [2.24, 2.45) is 0 Å². The van der Waals surface area contributed by atoms with Crippen LogP contribution in [0.3, 0.4) is 0 Å². The third kappa shape index (κ3) is 2.90. The Labute approximate surface area is 147 Å². The number of para-hydroxylation sites is 1. The highest BCUT2D eigenvalue weighted by Crippen LogP contribution is 2.25. The van der Waals surface area contributed by atoms with Gasteiger partial charge in [0, 0.05) is 16.8 Å². The number of nitrogens with one attached hydrogen (secondary N) is 1. The lowest BCUT2D eigenvalue weighted by Crippen LogP contribution is -2.04. The van der Waals surface area contributed by atoms with Crippen LogP contribution in [-0.4, -0.2) is 5.71 Å². The van der Waals surface area contributed by atoms with Crippen molar-refractivity contribution in [2.75, 3.05) is 5.73 Å². The number of fused-ring (bicyclic) bond motifs is 1. The van der Waals surface area contributed by atoms with Crippen LogP contribution < -0.4 is 5.73 Å². The van der Waals surface area contributed by atoms with E-state index in [1.165, 1.54) is 16.3 Å². The summed E-state index contributed by atoms with van der Waals surface area (Å²) in [6.45, 7) is 0. The van der Waals surface area contributed by atoms with Crippen molar-refractivity contribution in [3.8, 4) is 11.1 Å². The largest absolute Gasteiger partial charge is 0.398 e. The average molecular weight is 322 g/mol. The maximum absolute atomic E-state index is 8.41. The van der Waals surface area contributed by atoms with Gasteiger partial charge in [0.15, 0.2) is 0 Å². The van der Waals surface area contributed by atoms with Gasteiger partial charge < -0.3 is 5.73 Å². The minimum absolute atomic E-state index is 0.447. The quantitative estimate of drug-likeness (QED) is 0.379. The summed E-state index contributed by atoms with van der Waals surface area (Å²) in [5, 5.41) is 10.9. The molecule has 0 bridgehead atoms. The highest BCUT2D eigenvalue weighted by Gasteiger charge is 2.08. The molecule has 0 unspecified atom stereocenters. The number of nitrogens with two attached hydrogens (primary N) is 1. The number of nitrogen functional groups attached to an aromatic ring is 1. The Morgan fingerprint density at radius 2 is 1.28 bits per heavy atom. The van der Waals surface area contributed by atoms with E-state index in [-0.39, 0.29) is 0 Å². The number of benzene rings is 4. The van der Waals surface area contributed by atoms with Crippen molar-refractivity contribution in [3.05, 3.63) is 102 Å². The Bertz CT molecular complexity index is 1060. The molecule has 0 spiro atoms. The van der Waals surface area contributed by atoms with E-state index < -0.39 is 0 Å². The van der Waals surface area contributed by atoms with Gasteiger partial charge in [0.1, 0.15) is 0 Å². The SMILES string of the molecule is N=C(c1ccc(-c2ccc3ccccc3c2)cc1)c1ccccc1N. The molecule has 0 aliphatic carbocycles. The van der Waals surface area contributed by atoms with Crippen LogP contribution in [0.4, 0.5) is 5.69 Å². The van der Waals surface area contributed by atoms with Crippen molar-refractivity contribution in [3.63, 3.8) is 0 Å². The standard InChI is InChI=1S/C23H18N2/c24-22-8-4-3-7-21(22)23(25)18-12-9-17(10-13-18)20-14-11-16-5-1-2-6-19(16)15-20/h1-15,25H,24H2. The molecule has 0 aliphatic rings. The van der Waals surface area contributed by atoms with Crippen molar-refractivity contribution in [2.45, 2.75) is 0 Å². The zero-order valence-corrected chi connectivity index (χ0v) is 13.7. The maximum Gasteiger partial charge on any atom is 0.0705 e. The number of anilines is 1. The second-order valence-electron chi connectivity index (χ2n) is 6.10. The van der Waals surface area contributed by atoms with Gasteiger partial charge in [-0.05, 0) is 34.0 Å². The van der Waals surface area contributed by atoms with Gasteiger partial charge in [-0.2, -0.15) is 0 Å². The van der Waals surface area contributed by atoms with E-state index in [2.05, 4.69) is 54.6 Å². The topological polar surface area (TPSA) is 49.9 Å². The Kier molecular flexibility index (Phi) is 3.79. The first kappa shape index (κ1) is 15.2. The fraction of sp³-hybridized carbons (Fsp3) is 0. The zero-order valence-electron chi connectivity index (χ0n) is 13.7. The molecule has 0 amide bonds. The zero-order chi connectivity index (χ0) is 17.2. The average Bonchev–Trinajstić information content (AvgIpc) is 2.67. The van der Waals surface area contributed by atoms with Crippen LogP contribution in [0.1, 0.15) is 11.1 Å². The summed E-state index contributed by atoms with van der Waals surface area (Å²) in [5.74, 6) is 0. The van der Waals surface area contributed by atoms with Crippen LogP contribution in [0.25, 0.3) is 21.9 Å². The molecular weight excluding hydrogens is 304 g/mol. The van der Waals surface area contributed by atoms with Gasteiger partial charge in [0.05, 0.1) is 5.71 Å². The van der Waals surface area contributed by atoms with Crippen LogP contribution in [0, 0.1) is 5.41 Å². The van der Waals surface area contributed by atoms with Crippen LogP contribution in [-0.2, 0) is 0 Å². The first-order valence-electron chi connectivity index (χ1n) is 8.25. The van der Waals surface area contributed by atoms with Gasteiger partial charge in [-0.3, -0.25) is 5.41 Å². The van der Waals surface area contributed by atoms with E-state index >= 15 is 0 Å². The Balaban J connectivity index is 1.67. The molecule has 4 aromatic carbocycles. The Morgan fingerprint density at radius 1 is 0.640 bits per heavy atom. The molecular formula is C23H18N2. The molecule has 0 aromatic heterocycles. The smallest absolute Gasteiger partial charge is 0.0705 e. The Hall–Kier alpha value is -3.39. The van der Waals surface area contributed by atoms with Crippen LogP contribution in [0.2, 0.25) is 0 Å². The molecule has 0 saturated carbocycles. The minimum Gasteiger partial charge on any atom is -0.398 e. The van der Waals surface area contributed by atoms with Crippen molar-refractivity contribution in [1.29, 1.82) is 5.41 Å². The molecule has 4 rings (SSSR count). The molecule has 2 nitrogen and oxygen atoms in total. The minimum atomic E-state index is 0.447. The first-order valence-corrected chi connectivity index (χ1v) is 8.25. The van der Waals surface area contributed by atoms with Gasteiger partial charge in [-0.25, -0.2) is 0 Å². The fourth-order valence-electron chi connectivity index (χ4n) is 3.08. The lowest BCUT2D eigenvalue weighted by molar-refractivity contribution is 1.45. The molecule has 2 heteroatoms. The normalized spacial score (nSPS) is 10.7. The van der Waals surface area contributed by atoms with Crippen LogP contribution >= 0.6 is 0 Å². The summed E-state index contributed by atoms with van der Waals surface area (Å²) in [6, 6.07) is 30.4. The molecule has 25 heavy (non-hydrogen) atoms. The van der Waals surface area contributed by atoms with Gasteiger partial charge in [0.25, 0.3) is 0 Å². The lowest BCUT2D eigenvalue weighted by Gasteiger charge is -2.09.